The van der Waals surface area contributed by atoms with Crippen molar-refractivity contribution in [3.63, 3.8) is 0 Å². The molecule has 3 aromatic rings. The minimum Gasteiger partial charge on any atom is -0.507 e. The van der Waals surface area contributed by atoms with Crippen LogP contribution >= 0.6 is 0 Å². The molecule has 1 atom stereocenters. The van der Waals surface area contributed by atoms with Crippen LogP contribution in [0.5, 0.6) is 5.75 Å². The Labute approximate surface area is 218 Å². The topological polar surface area (TPSA) is 76.1 Å². The third-order valence-corrected chi connectivity index (χ3v) is 6.69. The lowest BCUT2D eigenvalue weighted by atomic mass is 9.93. The summed E-state index contributed by atoms with van der Waals surface area (Å²) < 4.78 is 11.1. The van der Waals surface area contributed by atoms with E-state index in [-0.39, 0.29) is 11.3 Å². The summed E-state index contributed by atoms with van der Waals surface area (Å²) in [5.74, 6) is -0.806. The molecule has 1 amide bonds. The minimum absolute atomic E-state index is 0.104. The number of likely N-dealkylation sites (tertiary alicyclic amines) is 1. The van der Waals surface area contributed by atoms with Gasteiger partial charge < -0.3 is 19.5 Å². The van der Waals surface area contributed by atoms with Crippen molar-refractivity contribution < 1.29 is 24.2 Å². The van der Waals surface area contributed by atoms with Gasteiger partial charge in [-0.15, -0.1) is 0 Å². The maximum atomic E-state index is 13.2. The number of hydrogen-bond acceptors (Lipinski definition) is 5. The molecule has 6 nitrogen and oxygen atoms in total. The van der Waals surface area contributed by atoms with E-state index in [1.807, 2.05) is 67.6 Å². The first kappa shape index (κ1) is 26.2. The predicted molar refractivity (Wildman–Crippen MR) is 143 cm³/mol. The first-order chi connectivity index (χ1) is 17.9. The van der Waals surface area contributed by atoms with E-state index in [0.29, 0.717) is 37.5 Å². The van der Waals surface area contributed by atoms with Gasteiger partial charge in [0.25, 0.3) is 11.7 Å². The largest absolute Gasteiger partial charge is 0.507 e. The maximum absolute atomic E-state index is 13.2. The monoisotopic (exact) mass is 499 g/mol. The Morgan fingerprint density at radius 3 is 2.35 bits per heavy atom. The van der Waals surface area contributed by atoms with Gasteiger partial charge in [-0.25, -0.2) is 0 Å². The molecule has 192 valence electrons. The Kier molecular flexibility index (Phi) is 8.41. The average molecular weight is 500 g/mol. The van der Waals surface area contributed by atoms with Crippen LogP contribution in [-0.4, -0.2) is 42.0 Å². The Hall–Kier alpha value is -3.90. The van der Waals surface area contributed by atoms with Gasteiger partial charge in [-0.1, -0.05) is 61.5 Å². The molecule has 1 fully saturated rings. The number of nitrogens with zero attached hydrogens (tertiary/aromatic N) is 1. The Morgan fingerprint density at radius 1 is 0.973 bits per heavy atom. The number of methoxy groups -OCH3 is 1. The van der Waals surface area contributed by atoms with Crippen LogP contribution in [0.4, 0.5) is 0 Å². The van der Waals surface area contributed by atoms with Crippen LogP contribution < -0.4 is 4.74 Å². The third kappa shape index (κ3) is 5.75. The molecule has 0 aromatic heterocycles. The highest BCUT2D eigenvalue weighted by Crippen LogP contribution is 2.40. The fraction of sp³-hybridized carbons (Fsp3) is 0.290. The molecule has 1 aliphatic heterocycles. The van der Waals surface area contributed by atoms with Crippen molar-refractivity contribution >= 4 is 17.4 Å². The second-order valence-electron chi connectivity index (χ2n) is 9.18. The van der Waals surface area contributed by atoms with E-state index in [9.17, 15) is 14.7 Å². The molecule has 1 heterocycles. The summed E-state index contributed by atoms with van der Waals surface area (Å²) in [6, 6.07) is 22.4. The van der Waals surface area contributed by atoms with Crippen LogP contribution in [0.15, 0.2) is 78.4 Å². The van der Waals surface area contributed by atoms with Crippen LogP contribution in [0.3, 0.4) is 0 Å². The van der Waals surface area contributed by atoms with Gasteiger partial charge in [0.05, 0.1) is 11.6 Å². The van der Waals surface area contributed by atoms with Crippen molar-refractivity contribution in [2.75, 3.05) is 20.3 Å². The average Bonchev–Trinajstić information content (AvgIpc) is 3.17. The zero-order valence-corrected chi connectivity index (χ0v) is 21.6. The molecule has 1 aliphatic rings. The first-order valence-electron chi connectivity index (χ1n) is 12.6. The number of amides is 1. The third-order valence-electron chi connectivity index (χ3n) is 6.69. The zero-order valence-electron chi connectivity index (χ0n) is 21.6. The molecule has 3 aromatic carbocycles. The standard InChI is InChI=1S/C31H33NO5/c1-4-22-11-13-24(14-12-22)28-27(30(34)31(35)32(28)17-8-18-36-3)29(33)26-16-15-25(19-21(26)2)37-20-23-9-6-5-7-10-23/h5-7,9-16,19,28,33H,4,8,17-18,20H2,1-3H3/b29-27+. The lowest BCUT2D eigenvalue weighted by Crippen LogP contribution is -2.31. The van der Waals surface area contributed by atoms with Gasteiger partial charge in [0, 0.05) is 25.8 Å². The van der Waals surface area contributed by atoms with E-state index in [1.165, 1.54) is 0 Å². The molecule has 37 heavy (non-hydrogen) atoms. The van der Waals surface area contributed by atoms with Crippen LogP contribution in [0.25, 0.3) is 5.76 Å². The Balaban J connectivity index is 1.69. The van der Waals surface area contributed by atoms with Gasteiger partial charge >= 0.3 is 0 Å². The number of Topliss-reactive ketones (excluding diaryl/α,β-unsaturated/α-hetero) is 1. The highest BCUT2D eigenvalue weighted by atomic mass is 16.5. The quantitative estimate of drug-likeness (QED) is 0.170. The SMILES string of the molecule is CCc1ccc(C2/C(=C(\O)c3ccc(OCc4ccccc4)cc3C)C(=O)C(=O)N2CCCOC)cc1. The van der Waals surface area contributed by atoms with Crippen molar-refractivity contribution in [3.8, 4) is 5.75 Å². The number of ketones is 1. The molecule has 6 heteroatoms. The molecule has 1 unspecified atom stereocenters. The number of carbonyl (C=O) groups is 2. The molecule has 1 N–H and O–H groups in total. The number of carbonyl (C=O) groups excluding carboxylic acids is 2. The maximum Gasteiger partial charge on any atom is 0.295 e. The van der Waals surface area contributed by atoms with Crippen LogP contribution in [-0.2, 0) is 27.4 Å². The lowest BCUT2D eigenvalue weighted by molar-refractivity contribution is -0.140. The van der Waals surface area contributed by atoms with E-state index < -0.39 is 17.7 Å². The van der Waals surface area contributed by atoms with Gasteiger partial charge in [-0.05, 0) is 60.2 Å². The zero-order chi connectivity index (χ0) is 26.4. The number of aryl methyl sites for hydroxylation is 2. The molecular formula is C31H33NO5. The number of ether oxygens (including phenoxy) is 2. The van der Waals surface area contributed by atoms with E-state index in [1.54, 1.807) is 24.1 Å². The number of hydrogen-bond donors (Lipinski definition) is 1. The Bertz CT molecular complexity index is 1280. The minimum atomic E-state index is -0.678. The van der Waals surface area contributed by atoms with Gasteiger partial charge in [0.1, 0.15) is 18.1 Å². The predicted octanol–water partition coefficient (Wildman–Crippen LogP) is 5.59. The van der Waals surface area contributed by atoms with Crippen molar-refractivity contribution in [2.24, 2.45) is 0 Å². The summed E-state index contributed by atoms with van der Waals surface area (Å²) >= 11 is 0. The molecule has 4 rings (SSSR count). The highest BCUT2D eigenvalue weighted by molar-refractivity contribution is 6.46. The highest BCUT2D eigenvalue weighted by Gasteiger charge is 2.45. The molecule has 1 saturated heterocycles. The summed E-state index contributed by atoms with van der Waals surface area (Å²) in [4.78, 5) is 27.9. The number of aliphatic hydroxyl groups excluding tert-OH is 1. The van der Waals surface area contributed by atoms with E-state index >= 15 is 0 Å². The summed E-state index contributed by atoms with van der Waals surface area (Å²) in [5, 5.41) is 11.4. The smallest absolute Gasteiger partial charge is 0.295 e. The number of rotatable bonds is 10. The van der Waals surface area contributed by atoms with E-state index in [4.69, 9.17) is 9.47 Å². The number of aliphatic hydroxyl groups is 1. The van der Waals surface area contributed by atoms with Gasteiger partial charge in [-0.3, -0.25) is 9.59 Å². The summed E-state index contributed by atoms with van der Waals surface area (Å²) in [5.41, 5.74) is 4.34. The molecule has 0 radical (unpaired) electrons. The molecule has 0 aliphatic carbocycles. The summed E-state index contributed by atoms with van der Waals surface area (Å²) in [6.45, 7) is 5.16. The summed E-state index contributed by atoms with van der Waals surface area (Å²) in [7, 11) is 1.60. The van der Waals surface area contributed by atoms with Crippen molar-refractivity contribution in [2.45, 2.75) is 39.3 Å². The van der Waals surface area contributed by atoms with Crippen molar-refractivity contribution in [1.29, 1.82) is 0 Å². The van der Waals surface area contributed by atoms with Crippen molar-refractivity contribution in [3.05, 3.63) is 106 Å². The van der Waals surface area contributed by atoms with Crippen LogP contribution in [0.1, 0.15) is 47.2 Å². The molecule has 0 bridgehead atoms. The van der Waals surface area contributed by atoms with Crippen LogP contribution in [0.2, 0.25) is 0 Å². The summed E-state index contributed by atoms with van der Waals surface area (Å²) in [6.07, 6.45) is 1.46. The lowest BCUT2D eigenvalue weighted by Gasteiger charge is -2.25. The first-order valence-corrected chi connectivity index (χ1v) is 12.6. The second-order valence-corrected chi connectivity index (χ2v) is 9.18. The van der Waals surface area contributed by atoms with Gasteiger partial charge in [-0.2, -0.15) is 0 Å². The molecule has 0 spiro atoms. The number of benzene rings is 3. The van der Waals surface area contributed by atoms with Crippen molar-refractivity contribution in [1.82, 2.24) is 4.90 Å². The van der Waals surface area contributed by atoms with Gasteiger partial charge in [0.2, 0.25) is 0 Å². The molecule has 0 saturated carbocycles. The van der Waals surface area contributed by atoms with Crippen LogP contribution in [0, 0.1) is 6.92 Å². The Morgan fingerprint density at radius 2 is 1.70 bits per heavy atom. The van der Waals surface area contributed by atoms with E-state index in [2.05, 4.69) is 6.92 Å². The molecular weight excluding hydrogens is 466 g/mol. The van der Waals surface area contributed by atoms with Gasteiger partial charge in [0.15, 0.2) is 0 Å². The fourth-order valence-corrected chi connectivity index (χ4v) is 4.65. The normalized spacial score (nSPS) is 16.8. The fourth-order valence-electron chi connectivity index (χ4n) is 4.65. The second kappa shape index (κ2) is 11.9. The van der Waals surface area contributed by atoms with E-state index in [0.717, 1.165) is 28.7 Å².